The van der Waals surface area contributed by atoms with E-state index >= 15 is 0 Å². The molecule has 136 valence electrons. The second-order valence-corrected chi connectivity index (χ2v) is 7.36. The number of nitrogens with zero attached hydrogens (tertiary/aromatic N) is 4. The van der Waals surface area contributed by atoms with Gasteiger partial charge in [-0.05, 0) is 38.1 Å². The Labute approximate surface area is 151 Å². The second kappa shape index (κ2) is 8.30. The van der Waals surface area contributed by atoms with Crippen molar-refractivity contribution in [3.05, 3.63) is 53.3 Å². The minimum atomic E-state index is -0.281. The maximum Gasteiger partial charge on any atom is 0.244 e. The van der Waals surface area contributed by atoms with Crippen molar-refractivity contribution < 1.29 is 4.79 Å². The summed E-state index contributed by atoms with van der Waals surface area (Å²) in [6.45, 7) is 7.65. The molecule has 0 saturated carbocycles. The fraction of sp³-hybridized carbons (Fsp3) is 0.500. The normalized spacial score (nSPS) is 12.6. The molecule has 25 heavy (non-hydrogen) atoms. The molecule has 0 aliphatic carbocycles. The van der Waals surface area contributed by atoms with Gasteiger partial charge >= 0.3 is 0 Å². The van der Waals surface area contributed by atoms with Gasteiger partial charge in [-0.25, -0.2) is 0 Å². The molecule has 1 heterocycles. The number of hydrogen-bond acceptors (Lipinski definition) is 3. The summed E-state index contributed by atoms with van der Waals surface area (Å²) in [5.41, 5.74) is 3.26. The monoisotopic (exact) mass is 342 g/mol. The van der Waals surface area contributed by atoms with Crippen LogP contribution in [0.5, 0.6) is 0 Å². The number of rotatable bonds is 7. The number of aromatic nitrogens is 2. The summed E-state index contributed by atoms with van der Waals surface area (Å²) < 4.78 is 1.78. The van der Waals surface area contributed by atoms with Crippen molar-refractivity contribution >= 4 is 5.91 Å². The lowest BCUT2D eigenvalue weighted by Crippen LogP contribution is -2.42. The van der Waals surface area contributed by atoms with Crippen LogP contribution < -0.4 is 0 Å². The Hall–Kier alpha value is -2.14. The van der Waals surface area contributed by atoms with Crippen molar-refractivity contribution in [1.29, 1.82) is 0 Å². The van der Waals surface area contributed by atoms with E-state index in [0.29, 0.717) is 12.5 Å². The van der Waals surface area contributed by atoms with Crippen LogP contribution in [0.25, 0.3) is 0 Å². The Kier molecular flexibility index (Phi) is 6.37. The van der Waals surface area contributed by atoms with Gasteiger partial charge in [0.15, 0.2) is 0 Å². The highest BCUT2D eigenvalue weighted by Crippen LogP contribution is 2.25. The smallest absolute Gasteiger partial charge is 0.244 e. The summed E-state index contributed by atoms with van der Waals surface area (Å²) in [5.74, 6) is 0.539. The van der Waals surface area contributed by atoms with Crippen molar-refractivity contribution in [2.75, 3.05) is 20.6 Å². The number of carbonyl (C=O) groups is 1. The van der Waals surface area contributed by atoms with E-state index in [1.165, 1.54) is 0 Å². The molecule has 5 nitrogen and oxygen atoms in total. The van der Waals surface area contributed by atoms with Crippen LogP contribution in [0.4, 0.5) is 0 Å². The third-order valence-corrected chi connectivity index (χ3v) is 4.26. The molecular formula is C20H30N4O. The first-order valence-corrected chi connectivity index (χ1v) is 8.77. The Balaban J connectivity index is 2.32. The highest BCUT2D eigenvalue weighted by atomic mass is 16.2. The van der Waals surface area contributed by atoms with Crippen molar-refractivity contribution in [3.63, 3.8) is 0 Å². The van der Waals surface area contributed by atoms with Gasteiger partial charge in [-0.1, -0.05) is 38.1 Å². The van der Waals surface area contributed by atoms with E-state index < -0.39 is 0 Å². The van der Waals surface area contributed by atoms with Crippen LogP contribution in [0, 0.1) is 12.8 Å². The lowest BCUT2D eigenvalue weighted by molar-refractivity contribution is -0.137. The number of likely N-dealkylation sites (N-methyl/N-ethyl adjacent to an activating group) is 1. The first kappa shape index (κ1) is 19.2. The first-order chi connectivity index (χ1) is 11.8. The van der Waals surface area contributed by atoms with E-state index in [4.69, 9.17) is 0 Å². The molecule has 0 fully saturated rings. The van der Waals surface area contributed by atoms with Crippen molar-refractivity contribution in [2.45, 2.75) is 33.4 Å². The predicted octanol–water partition coefficient (Wildman–Crippen LogP) is 3.02. The van der Waals surface area contributed by atoms with Gasteiger partial charge in [0.2, 0.25) is 5.91 Å². The van der Waals surface area contributed by atoms with Crippen LogP contribution in [0.3, 0.4) is 0 Å². The first-order valence-electron chi connectivity index (χ1n) is 8.77. The molecule has 1 aromatic carbocycles. The maximum absolute atomic E-state index is 13.4. The van der Waals surface area contributed by atoms with Crippen LogP contribution in [0.15, 0.2) is 36.7 Å². The molecule has 0 aliphatic rings. The number of hydrogen-bond donors (Lipinski definition) is 0. The van der Waals surface area contributed by atoms with E-state index in [1.807, 2.05) is 55.5 Å². The molecule has 0 N–H and O–H groups in total. The number of aryl methyl sites for hydroxylation is 2. The van der Waals surface area contributed by atoms with E-state index in [2.05, 4.69) is 38.0 Å². The summed E-state index contributed by atoms with van der Waals surface area (Å²) >= 11 is 0. The molecule has 2 aromatic rings. The van der Waals surface area contributed by atoms with E-state index in [9.17, 15) is 4.79 Å². The standard InChI is InChI=1S/C20H30N4O/c1-15(2)12-24(14-17-11-21-23(6)13-17)20(25)19(22(4)5)18-10-8-7-9-16(18)3/h7-11,13,15,19H,12,14H2,1-6H3/t19-/m1/s1. The summed E-state index contributed by atoms with van der Waals surface area (Å²) in [5, 5.41) is 4.23. The zero-order chi connectivity index (χ0) is 18.6. The van der Waals surface area contributed by atoms with Gasteiger partial charge < -0.3 is 4.90 Å². The topological polar surface area (TPSA) is 41.4 Å². The van der Waals surface area contributed by atoms with E-state index in [1.54, 1.807) is 4.68 Å². The highest BCUT2D eigenvalue weighted by molar-refractivity contribution is 5.83. The second-order valence-electron chi connectivity index (χ2n) is 7.36. The molecule has 1 atom stereocenters. The summed E-state index contributed by atoms with van der Waals surface area (Å²) in [7, 11) is 5.83. The molecule has 5 heteroatoms. The molecule has 0 saturated heterocycles. The van der Waals surface area contributed by atoms with Crippen LogP contribution in [-0.2, 0) is 18.4 Å². The quantitative estimate of drug-likeness (QED) is 0.777. The fourth-order valence-electron chi connectivity index (χ4n) is 3.15. The van der Waals surface area contributed by atoms with Crippen molar-refractivity contribution in [2.24, 2.45) is 13.0 Å². The molecule has 1 aromatic heterocycles. The molecule has 0 bridgehead atoms. The number of amides is 1. The molecular weight excluding hydrogens is 312 g/mol. The van der Waals surface area contributed by atoms with Gasteiger partial charge in [0.05, 0.1) is 6.20 Å². The third kappa shape index (κ3) is 4.92. The van der Waals surface area contributed by atoms with Crippen molar-refractivity contribution in [3.8, 4) is 0 Å². The van der Waals surface area contributed by atoms with Crippen LogP contribution in [0.2, 0.25) is 0 Å². The van der Waals surface area contributed by atoms with Crippen LogP contribution >= 0.6 is 0 Å². The zero-order valence-corrected chi connectivity index (χ0v) is 16.2. The molecule has 0 unspecified atom stereocenters. The van der Waals surface area contributed by atoms with Crippen LogP contribution in [-0.4, -0.2) is 46.1 Å². The van der Waals surface area contributed by atoms with Gasteiger partial charge in [0, 0.05) is 31.9 Å². The average Bonchev–Trinajstić information content (AvgIpc) is 2.93. The van der Waals surface area contributed by atoms with Gasteiger partial charge in [-0.3, -0.25) is 14.4 Å². The molecule has 0 radical (unpaired) electrons. The van der Waals surface area contributed by atoms with Gasteiger partial charge in [-0.15, -0.1) is 0 Å². The van der Waals surface area contributed by atoms with E-state index in [-0.39, 0.29) is 11.9 Å². The lowest BCUT2D eigenvalue weighted by Gasteiger charge is -2.32. The van der Waals surface area contributed by atoms with E-state index in [0.717, 1.165) is 23.2 Å². The predicted molar refractivity (Wildman–Crippen MR) is 101 cm³/mol. The summed E-state index contributed by atoms with van der Waals surface area (Å²) in [6, 6.07) is 7.84. The number of carbonyl (C=O) groups excluding carboxylic acids is 1. The Morgan fingerprint density at radius 2 is 1.92 bits per heavy atom. The van der Waals surface area contributed by atoms with Gasteiger partial charge in [0.1, 0.15) is 6.04 Å². The highest BCUT2D eigenvalue weighted by Gasteiger charge is 2.29. The molecule has 1 amide bonds. The summed E-state index contributed by atoms with van der Waals surface area (Å²) in [6.07, 6.45) is 3.80. The van der Waals surface area contributed by atoms with Crippen LogP contribution in [0.1, 0.15) is 36.6 Å². The molecule has 0 spiro atoms. The van der Waals surface area contributed by atoms with Crippen molar-refractivity contribution in [1.82, 2.24) is 19.6 Å². The van der Waals surface area contributed by atoms with Gasteiger partial charge in [0.25, 0.3) is 0 Å². The minimum absolute atomic E-state index is 0.136. The number of benzene rings is 1. The Bertz CT molecular complexity index is 705. The largest absolute Gasteiger partial charge is 0.336 e. The third-order valence-electron chi connectivity index (χ3n) is 4.26. The summed E-state index contributed by atoms with van der Waals surface area (Å²) in [4.78, 5) is 17.4. The molecule has 2 rings (SSSR count). The minimum Gasteiger partial charge on any atom is -0.336 e. The average molecular weight is 342 g/mol. The van der Waals surface area contributed by atoms with Gasteiger partial charge in [-0.2, -0.15) is 5.10 Å². The lowest BCUT2D eigenvalue weighted by atomic mass is 9.98. The Morgan fingerprint density at radius 3 is 2.44 bits per heavy atom. The maximum atomic E-state index is 13.4. The fourth-order valence-corrected chi connectivity index (χ4v) is 3.15. The Morgan fingerprint density at radius 1 is 1.24 bits per heavy atom. The molecule has 0 aliphatic heterocycles. The SMILES string of the molecule is Cc1ccccc1[C@H](C(=O)N(Cc1cnn(C)c1)CC(C)C)N(C)C. The zero-order valence-electron chi connectivity index (χ0n) is 16.2.